The van der Waals surface area contributed by atoms with Gasteiger partial charge in [0.15, 0.2) is 0 Å². The minimum Gasteiger partial charge on any atom is -0.342 e. The topological polar surface area (TPSA) is 32.3 Å². The summed E-state index contributed by atoms with van der Waals surface area (Å²) in [5.41, 5.74) is 0. The Bertz CT molecular complexity index is 250. The van der Waals surface area contributed by atoms with E-state index in [1.165, 1.54) is 6.42 Å². The second-order valence-electron chi connectivity index (χ2n) is 4.70. The fourth-order valence-corrected chi connectivity index (χ4v) is 2.66. The summed E-state index contributed by atoms with van der Waals surface area (Å²) in [6.07, 6.45) is 5.78. The van der Waals surface area contributed by atoms with Gasteiger partial charge in [0.05, 0.1) is 0 Å². The first-order valence-corrected chi connectivity index (χ1v) is 5.89. The summed E-state index contributed by atoms with van der Waals surface area (Å²) in [4.78, 5) is 13.9. The molecule has 0 saturated carbocycles. The summed E-state index contributed by atoms with van der Waals surface area (Å²) in [5, 5.41) is 3.44. The number of hydrogen-bond acceptors (Lipinski definition) is 2. The first kappa shape index (κ1) is 10.7. The molecule has 3 nitrogen and oxygen atoms in total. The Morgan fingerprint density at radius 1 is 1.40 bits per heavy atom. The van der Waals surface area contributed by atoms with E-state index in [-0.39, 0.29) is 0 Å². The van der Waals surface area contributed by atoms with Crippen LogP contribution in [0.3, 0.4) is 0 Å². The van der Waals surface area contributed by atoms with Crippen LogP contribution in [0, 0.1) is 11.8 Å². The number of fused-ring (bicyclic) bond motifs is 2. The molecule has 0 radical (unpaired) electrons. The minimum atomic E-state index is 0.296. The lowest BCUT2D eigenvalue weighted by Crippen LogP contribution is -2.52. The maximum Gasteiger partial charge on any atom is 0.226 e. The van der Waals surface area contributed by atoms with Gasteiger partial charge in [-0.15, -0.1) is 0 Å². The number of rotatable bonds is 2. The summed E-state index contributed by atoms with van der Waals surface area (Å²) >= 11 is 0. The van der Waals surface area contributed by atoms with Crippen LogP contribution >= 0.6 is 0 Å². The van der Waals surface area contributed by atoms with Crippen molar-refractivity contribution in [3.63, 3.8) is 0 Å². The molecule has 2 unspecified atom stereocenters. The first-order chi connectivity index (χ1) is 7.29. The van der Waals surface area contributed by atoms with Crippen LogP contribution in [0.4, 0.5) is 0 Å². The van der Waals surface area contributed by atoms with Gasteiger partial charge in [-0.2, -0.15) is 0 Å². The van der Waals surface area contributed by atoms with Crippen molar-refractivity contribution in [1.82, 2.24) is 10.2 Å². The zero-order chi connectivity index (χ0) is 10.7. The molecule has 0 aliphatic carbocycles. The standard InChI is InChI=1S/C12H20N2O/c1-2-3-4-12(15)14-8-10-5-11(9-14)7-13-6-10/h2-3,10-11,13H,4-9H2,1H3/b3-2-. The molecular weight excluding hydrogens is 188 g/mol. The molecule has 0 aromatic carbocycles. The Labute approximate surface area is 91.5 Å². The van der Waals surface area contributed by atoms with E-state index in [4.69, 9.17) is 0 Å². The number of hydrogen-bond donors (Lipinski definition) is 1. The molecule has 2 aliphatic rings. The van der Waals surface area contributed by atoms with E-state index in [2.05, 4.69) is 10.2 Å². The Morgan fingerprint density at radius 2 is 2.07 bits per heavy atom. The average molecular weight is 208 g/mol. The zero-order valence-electron chi connectivity index (χ0n) is 9.41. The van der Waals surface area contributed by atoms with Crippen molar-refractivity contribution in [1.29, 1.82) is 0 Å². The summed E-state index contributed by atoms with van der Waals surface area (Å²) in [6, 6.07) is 0. The summed E-state index contributed by atoms with van der Waals surface area (Å²) in [6.45, 7) is 6.05. The molecular formula is C12H20N2O. The van der Waals surface area contributed by atoms with Crippen LogP contribution in [-0.2, 0) is 4.79 Å². The van der Waals surface area contributed by atoms with Crippen molar-refractivity contribution in [2.75, 3.05) is 26.2 Å². The fraction of sp³-hybridized carbons (Fsp3) is 0.750. The Morgan fingerprint density at radius 3 is 2.67 bits per heavy atom. The number of allylic oxidation sites excluding steroid dienone is 1. The van der Waals surface area contributed by atoms with Crippen LogP contribution in [0.2, 0.25) is 0 Å². The monoisotopic (exact) mass is 208 g/mol. The lowest BCUT2D eigenvalue weighted by molar-refractivity contribution is -0.133. The van der Waals surface area contributed by atoms with E-state index < -0.39 is 0 Å². The molecule has 3 heteroatoms. The smallest absolute Gasteiger partial charge is 0.226 e. The van der Waals surface area contributed by atoms with Gasteiger partial charge in [-0.25, -0.2) is 0 Å². The minimum absolute atomic E-state index is 0.296. The van der Waals surface area contributed by atoms with Crippen LogP contribution in [-0.4, -0.2) is 37.0 Å². The normalized spacial score (nSPS) is 30.9. The summed E-state index contributed by atoms with van der Waals surface area (Å²) in [7, 11) is 0. The van der Waals surface area contributed by atoms with Crippen LogP contribution in [0.1, 0.15) is 19.8 Å². The van der Waals surface area contributed by atoms with E-state index in [1.807, 2.05) is 19.1 Å². The highest BCUT2D eigenvalue weighted by Crippen LogP contribution is 2.24. The molecule has 15 heavy (non-hydrogen) atoms. The Hall–Kier alpha value is -0.830. The van der Waals surface area contributed by atoms with Crippen molar-refractivity contribution in [3.05, 3.63) is 12.2 Å². The number of nitrogens with zero attached hydrogens (tertiary/aromatic N) is 1. The molecule has 0 aromatic rings. The number of carbonyl (C=O) groups excluding carboxylic acids is 1. The number of amides is 1. The van der Waals surface area contributed by atoms with E-state index in [0.717, 1.165) is 26.2 Å². The molecule has 2 heterocycles. The highest BCUT2D eigenvalue weighted by Gasteiger charge is 2.31. The van der Waals surface area contributed by atoms with Crippen LogP contribution in [0.15, 0.2) is 12.2 Å². The van der Waals surface area contributed by atoms with Crippen molar-refractivity contribution < 1.29 is 4.79 Å². The molecule has 2 saturated heterocycles. The molecule has 2 rings (SSSR count). The SMILES string of the molecule is C/C=C\CC(=O)N1CC2CNCC(C2)C1. The van der Waals surface area contributed by atoms with Crippen LogP contribution in [0.25, 0.3) is 0 Å². The second-order valence-corrected chi connectivity index (χ2v) is 4.70. The molecule has 2 fully saturated rings. The van der Waals surface area contributed by atoms with Gasteiger partial charge in [-0.05, 0) is 38.3 Å². The summed E-state index contributed by atoms with van der Waals surface area (Å²) in [5.74, 6) is 1.67. The number of likely N-dealkylation sites (tertiary alicyclic amines) is 1. The van der Waals surface area contributed by atoms with Crippen molar-refractivity contribution in [2.45, 2.75) is 19.8 Å². The molecule has 0 aromatic heterocycles. The number of carbonyl (C=O) groups is 1. The highest BCUT2D eigenvalue weighted by molar-refractivity contribution is 5.77. The highest BCUT2D eigenvalue weighted by atomic mass is 16.2. The van der Waals surface area contributed by atoms with E-state index in [9.17, 15) is 4.79 Å². The third-order valence-corrected chi connectivity index (χ3v) is 3.37. The molecule has 1 amide bonds. The maximum absolute atomic E-state index is 11.8. The van der Waals surface area contributed by atoms with E-state index in [1.54, 1.807) is 0 Å². The first-order valence-electron chi connectivity index (χ1n) is 5.89. The van der Waals surface area contributed by atoms with Crippen LogP contribution in [0.5, 0.6) is 0 Å². The number of piperidine rings is 2. The third-order valence-electron chi connectivity index (χ3n) is 3.37. The van der Waals surface area contributed by atoms with Crippen molar-refractivity contribution in [3.8, 4) is 0 Å². The second kappa shape index (κ2) is 4.79. The average Bonchev–Trinajstić information content (AvgIpc) is 2.25. The van der Waals surface area contributed by atoms with Gasteiger partial charge in [-0.3, -0.25) is 4.79 Å². The van der Waals surface area contributed by atoms with Crippen molar-refractivity contribution >= 4 is 5.91 Å². The Kier molecular flexibility index (Phi) is 3.41. The maximum atomic E-state index is 11.8. The largest absolute Gasteiger partial charge is 0.342 e. The molecule has 0 spiro atoms. The lowest BCUT2D eigenvalue weighted by Gasteiger charge is -2.41. The molecule has 2 aliphatic heterocycles. The van der Waals surface area contributed by atoms with Gasteiger partial charge < -0.3 is 10.2 Å². The molecule has 84 valence electrons. The predicted molar refractivity (Wildman–Crippen MR) is 60.5 cm³/mol. The molecule has 1 N–H and O–H groups in total. The summed E-state index contributed by atoms with van der Waals surface area (Å²) < 4.78 is 0. The van der Waals surface area contributed by atoms with Gasteiger partial charge in [0, 0.05) is 19.5 Å². The van der Waals surface area contributed by atoms with Crippen molar-refractivity contribution in [2.24, 2.45) is 11.8 Å². The predicted octanol–water partition coefficient (Wildman–Crippen LogP) is 1.02. The third kappa shape index (κ3) is 2.59. The van der Waals surface area contributed by atoms with Gasteiger partial charge in [0.25, 0.3) is 0 Å². The van der Waals surface area contributed by atoms with Gasteiger partial charge in [-0.1, -0.05) is 12.2 Å². The van der Waals surface area contributed by atoms with Gasteiger partial charge in [0.1, 0.15) is 0 Å². The quantitative estimate of drug-likeness (QED) is 0.687. The number of nitrogens with one attached hydrogen (secondary N) is 1. The molecule has 2 atom stereocenters. The zero-order valence-corrected chi connectivity index (χ0v) is 9.41. The van der Waals surface area contributed by atoms with Crippen LogP contribution < -0.4 is 5.32 Å². The van der Waals surface area contributed by atoms with E-state index in [0.29, 0.717) is 24.2 Å². The van der Waals surface area contributed by atoms with E-state index >= 15 is 0 Å². The lowest BCUT2D eigenvalue weighted by atomic mass is 9.86. The fourth-order valence-electron chi connectivity index (χ4n) is 2.66. The van der Waals surface area contributed by atoms with Gasteiger partial charge >= 0.3 is 0 Å². The van der Waals surface area contributed by atoms with Gasteiger partial charge in [0.2, 0.25) is 5.91 Å². The Balaban J connectivity index is 1.90. The molecule has 2 bridgehead atoms.